The number of amides is 1. The molecule has 0 spiro atoms. The number of benzene rings is 1. The van der Waals surface area contributed by atoms with E-state index in [1.807, 2.05) is 46.7 Å². The van der Waals surface area contributed by atoms with Gasteiger partial charge in [0, 0.05) is 24.2 Å². The second-order valence-corrected chi connectivity index (χ2v) is 7.11. The summed E-state index contributed by atoms with van der Waals surface area (Å²) in [6.07, 6.45) is 1.79. The van der Waals surface area contributed by atoms with E-state index in [9.17, 15) is 4.79 Å². The quantitative estimate of drug-likeness (QED) is 0.566. The lowest BCUT2D eigenvalue weighted by Gasteiger charge is -2.27. The lowest BCUT2D eigenvalue weighted by molar-refractivity contribution is 0.0302. The van der Waals surface area contributed by atoms with Crippen LogP contribution < -0.4 is 0 Å². The molecule has 6 nitrogen and oxygen atoms in total. The average molecular weight is 448 g/mol. The van der Waals surface area contributed by atoms with Gasteiger partial charge in [0.25, 0.3) is 5.91 Å². The maximum atomic E-state index is 12.7. The third kappa shape index (κ3) is 3.13. The third-order valence-electron chi connectivity index (χ3n) is 4.37. The molecule has 0 bridgehead atoms. The van der Waals surface area contributed by atoms with Crippen molar-refractivity contribution < 1.29 is 9.53 Å². The Morgan fingerprint density at radius 3 is 2.76 bits per heavy atom. The molecule has 7 heteroatoms. The Morgan fingerprint density at radius 1 is 1.20 bits per heavy atom. The summed E-state index contributed by atoms with van der Waals surface area (Å²) in [6, 6.07) is 9.78. The first-order valence-electron chi connectivity index (χ1n) is 8.12. The molecule has 1 amide bonds. The predicted octanol–water partition coefficient (Wildman–Crippen LogP) is 2.78. The summed E-state index contributed by atoms with van der Waals surface area (Å²) in [5.74, 6) is 0.0694. The van der Waals surface area contributed by atoms with Gasteiger partial charge in [-0.1, -0.05) is 6.07 Å². The van der Waals surface area contributed by atoms with E-state index >= 15 is 0 Å². The number of morpholine rings is 1. The van der Waals surface area contributed by atoms with Gasteiger partial charge in [-0.2, -0.15) is 5.10 Å². The van der Waals surface area contributed by atoms with Crippen molar-refractivity contribution in [2.24, 2.45) is 0 Å². The van der Waals surface area contributed by atoms with Crippen molar-refractivity contribution in [3.8, 4) is 11.3 Å². The van der Waals surface area contributed by atoms with E-state index in [2.05, 4.69) is 32.7 Å². The third-order valence-corrected chi connectivity index (χ3v) is 5.11. The van der Waals surface area contributed by atoms with Gasteiger partial charge in [-0.3, -0.25) is 4.79 Å². The van der Waals surface area contributed by atoms with E-state index in [0.29, 0.717) is 26.3 Å². The monoisotopic (exact) mass is 448 g/mol. The van der Waals surface area contributed by atoms with Crippen LogP contribution in [0.5, 0.6) is 0 Å². The second-order valence-electron chi connectivity index (χ2n) is 6.00. The van der Waals surface area contributed by atoms with E-state index in [1.54, 1.807) is 6.20 Å². The zero-order valence-corrected chi connectivity index (χ0v) is 15.9. The van der Waals surface area contributed by atoms with E-state index < -0.39 is 0 Å². The number of imidazole rings is 1. The van der Waals surface area contributed by atoms with Crippen LogP contribution in [0.2, 0.25) is 0 Å². The number of hydrogen-bond donors (Lipinski definition) is 0. The highest BCUT2D eigenvalue weighted by molar-refractivity contribution is 14.1. The topological polar surface area (TPSA) is 59.7 Å². The van der Waals surface area contributed by atoms with E-state index in [0.717, 1.165) is 31.7 Å². The molecule has 4 rings (SSSR count). The minimum atomic E-state index is 0.0694. The molecule has 1 fully saturated rings. The Hall–Kier alpha value is -2.00. The number of carbonyl (C=O) groups excluding carboxylic acids is 1. The van der Waals surface area contributed by atoms with Crippen molar-refractivity contribution >= 4 is 34.1 Å². The van der Waals surface area contributed by atoms with Crippen molar-refractivity contribution in [2.75, 3.05) is 26.3 Å². The molecular formula is C18H17IN4O2. The molecule has 3 aromatic rings. The van der Waals surface area contributed by atoms with Crippen molar-refractivity contribution in [3.63, 3.8) is 0 Å². The standard InChI is InChI=1S/C18H17IN4O2/c1-12-10-13(15-4-5-17-20-11-16(19)23(17)21-15)2-3-14(12)18(24)22-6-8-25-9-7-22/h2-5,10-11H,6-9H2,1H3. The molecule has 2 aromatic heterocycles. The molecule has 25 heavy (non-hydrogen) atoms. The fourth-order valence-electron chi connectivity index (χ4n) is 3.00. The maximum absolute atomic E-state index is 12.7. The van der Waals surface area contributed by atoms with Crippen LogP contribution in [0, 0.1) is 10.6 Å². The Labute approximate surface area is 158 Å². The molecule has 0 unspecified atom stereocenters. The zero-order chi connectivity index (χ0) is 17.4. The molecule has 128 valence electrons. The number of carbonyl (C=O) groups is 1. The lowest BCUT2D eigenvalue weighted by Crippen LogP contribution is -2.40. The fourth-order valence-corrected chi connectivity index (χ4v) is 3.49. The highest BCUT2D eigenvalue weighted by Crippen LogP contribution is 2.22. The first kappa shape index (κ1) is 16.5. The van der Waals surface area contributed by atoms with Crippen LogP contribution in [0.3, 0.4) is 0 Å². The van der Waals surface area contributed by atoms with Gasteiger partial charge in [-0.05, 0) is 59.3 Å². The number of hydrogen-bond acceptors (Lipinski definition) is 4. The van der Waals surface area contributed by atoms with E-state index in [4.69, 9.17) is 4.74 Å². The zero-order valence-electron chi connectivity index (χ0n) is 13.8. The van der Waals surface area contributed by atoms with Gasteiger partial charge in [-0.15, -0.1) is 0 Å². The average Bonchev–Trinajstić information content (AvgIpc) is 3.02. The number of aryl methyl sites for hydroxylation is 1. The smallest absolute Gasteiger partial charge is 0.254 e. The molecule has 1 aliphatic heterocycles. The van der Waals surface area contributed by atoms with E-state index in [-0.39, 0.29) is 5.91 Å². The summed E-state index contributed by atoms with van der Waals surface area (Å²) in [7, 11) is 0. The number of aromatic nitrogens is 3. The number of nitrogens with zero attached hydrogens (tertiary/aromatic N) is 4. The molecule has 0 N–H and O–H groups in total. The summed E-state index contributed by atoms with van der Waals surface area (Å²) in [5.41, 5.74) is 4.36. The maximum Gasteiger partial charge on any atom is 0.254 e. The van der Waals surface area contributed by atoms with Gasteiger partial charge < -0.3 is 9.64 Å². The van der Waals surface area contributed by atoms with Crippen LogP contribution >= 0.6 is 22.6 Å². The van der Waals surface area contributed by atoms with Crippen LogP contribution in [0.15, 0.2) is 36.5 Å². The predicted molar refractivity (Wildman–Crippen MR) is 103 cm³/mol. The van der Waals surface area contributed by atoms with Crippen LogP contribution in [0.4, 0.5) is 0 Å². The van der Waals surface area contributed by atoms with Crippen molar-refractivity contribution in [1.29, 1.82) is 0 Å². The van der Waals surface area contributed by atoms with Gasteiger partial charge in [0.15, 0.2) is 5.65 Å². The molecule has 1 aromatic carbocycles. The van der Waals surface area contributed by atoms with E-state index in [1.165, 1.54) is 0 Å². The van der Waals surface area contributed by atoms with Gasteiger partial charge >= 0.3 is 0 Å². The highest BCUT2D eigenvalue weighted by Gasteiger charge is 2.20. The van der Waals surface area contributed by atoms with Crippen molar-refractivity contribution in [2.45, 2.75) is 6.92 Å². The number of fused-ring (bicyclic) bond motifs is 1. The molecule has 1 saturated heterocycles. The minimum Gasteiger partial charge on any atom is -0.378 e. The highest BCUT2D eigenvalue weighted by atomic mass is 127. The van der Waals surface area contributed by atoms with Crippen molar-refractivity contribution in [1.82, 2.24) is 19.5 Å². The number of ether oxygens (including phenoxy) is 1. The van der Waals surface area contributed by atoms with Crippen LogP contribution in [-0.2, 0) is 4.74 Å². The minimum absolute atomic E-state index is 0.0694. The first-order valence-corrected chi connectivity index (χ1v) is 9.20. The molecule has 0 saturated carbocycles. The van der Waals surface area contributed by atoms with Crippen LogP contribution in [0.25, 0.3) is 16.9 Å². The Morgan fingerprint density at radius 2 is 2.00 bits per heavy atom. The summed E-state index contributed by atoms with van der Waals surface area (Å²) in [6.45, 7) is 4.48. The van der Waals surface area contributed by atoms with Crippen LogP contribution in [-0.4, -0.2) is 51.7 Å². The van der Waals surface area contributed by atoms with Gasteiger partial charge in [0.05, 0.1) is 25.1 Å². The largest absolute Gasteiger partial charge is 0.378 e. The first-order chi connectivity index (χ1) is 12.1. The van der Waals surface area contributed by atoms with Gasteiger partial charge in [-0.25, -0.2) is 9.50 Å². The Balaban J connectivity index is 1.66. The van der Waals surface area contributed by atoms with Gasteiger partial charge in [0.2, 0.25) is 0 Å². The summed E-state index contributed by atoms with van der Waals surface area (Å²) in [4.78, 5) is 18.8. The summed E-state index contributed by atoms with van der Waals surface area (Å²) in [5, 5.41) is 4.65. The van der Waals surface area contributed by atoms with Gasteiger partial charge in [0.1, 0.15) is 3.70 Å². The fraction of sp³-hybridized carbons (Fsp3) is 0.278. The molecule has 0 aliphatic carbocycles. The molecular weight excluding hydrogens is 431 g/mol. The lowest BCUT2D eigenvalue weighted by atomic mass is 10.0. The summed E-state index contributed by atoms with van der Waals surface area (Å²) >= 11 is 2.21. The van der Waals surface area contributed by atoms with Crippen molar-refractivity contribution in [3.05, 3.63) is 51.4 Å². The SMILES string of the molecule is Cc1cc(-c2ccc3ncc(I)n3n2)ccc1C(=O)N1CCOCC1. The molecule has 3 heterocycles. The Kier molecular flexibility index (Phi) is 4.43. The second kappa shape index (κ2) is 6.72. The number of rotatable bonds is 2. The molecule has 0 radical (unpaired) electrons. The number of halogens is 1. The molecule has 0 atom stereocenters. The Bertz CT molecular complexity index is 947. The summed E-state index contributed by atoms with van der Waals surface area (Å²) < 4.78 is 8.10. The van der Waals surface area contributed by atoms with Crippen LogP contribution in [0.1, 0.15) is 15.9 Å². The molecule has 1 aliphatic rings. The normalized spacial score (nSPS) is 14.9.